The summed E-state index contributed by atoms with van der Waals surface area (Å²) in [7, 11) is 0. The molecule has 1 atom stereocenters. The molecule has 2 saturated heterocycles. The van der Waals surface area contributed by atoms with Crippen molar-refractivity contribution in [1.82, 2.24) is 9.97 Å². The Bertz CT molecular complexity index is 445. The number of thioether (sulfide) groups is 1. The Labute approximate surface area is 117 Å². The number of nitrogens with zero attached hydrogens (tertiary/aromatic N) is 3. The Kier molecular flexibility index (Phi) is 2.92. The lowest BCUT2D eigenvalue weighted by atomic mass is 9.93. The van der Waals surface area contributed by atoms with E-state index in [2.05, 4.69) is 26.6 Å². The highest BCUT2D eigenvalue weighted by Crippen LogP contribution is 2.47. The van der Waals surface area contributed by atoms with Gasteiger partial charge in [-0.2, -0.15) is 0 Å². The summed E-state index contributed by atoms with van der Waals surface area (Å²) in [4.78, 5) is 10.9. The monoisotopic (exact) mass is 277 g/mol. The number of aromatic nitrogens is 2. The van der Waals surface area contributed by atoms with E-state index in [1.807, 2.05) is 18.5 Å². The zero-order chi connectivity index (χ0) is 12.7. The Morgan fingerprint density at radius 3 is 2.84 bits per heavy atom. The standard InChI is InChI=1S/C14H19N3OS/c1-4-15-13(16-5-1)17-9-14(10-17)6-12(8-19-14)18-7-11-2-3-11/h1,4-5,11-12H,2-3,6-10H2/t12-/m1/s1. The second-order valence-electron chi connectivity index (χ2n) is 6.00. The summed E-state index contributed by atoms with van der Waals surface area (Å²) in [6.45, 7) is 3.14. The van der Waals surface area contributed by atoms with Gasteiger partial charge < -0.3 is 9.64 Å². The van der Waals surface area contributed by atoms with Gasteiger partial charge in [0.1, 0.15) is 0 Å². The van der Waals surface area contributed by atoms with Crippen LogP contribution in [0.1, 0.15) is 19.3 Å². The van der Waals surface area contributed by atoms with Crippen molar-refractivity contribution in [1.29, 1.82) is 0 Å². The highest BCUT2D eigenvalue weighted by Gasteiger charge is 2.50. The van der Waals surface area contributed by atoms with Gasteiger partial charge in [0, 0.05) is 37.8 Å². The van der Waals surface area contributed by atoms with Crippen molar-refractivity contribution in [3.63, 3.8) is 0 Å². The lowest BCUT2D eigenvalue weighted by Gasteiger charge is -2.47. The summed E-state index contributed by atoms with van der Waals surface area (Å²) in [6.07, 6.45) is 8.07. The largest absolute Gasteiger partial charge is 0.377 e. The van der Waals surface area contributed by atoms with E-state index in [0.29, 0.717) is 10.9 Å². The van der Waals surface area contributed by atoms with Crippen LogP contribution in [0, 0.1) is 5.92 Å². The molecule has 2 aliphatic heterocycles. The van der Waals surface area contributed by atoms with Gasteiger partial charge in [-0.05, 0) is 31.2 Å². The second kappa shape index (κ2) is 4.63. The number of hydrogen-bond donors (Lipinski definition) is 0. The molecule has 4 nitrogen and oxygen atoms in total. The first-order chi connectivity index (χ1) is 9.33. The lowest BCUT2D eigenvalue weighted by molar-refractivity contribution is 0.0528. The molecule has 1 aromatic rings. The fourth-order valence-corrected chi connectivity index (χ4v) is 4.48. The van der Waals surface area contributed by atoms with Crippen LogP contribution in [0.25, 0.3) is 0 Å². The van der Waals surface area contributed by atoms with Gasteiger partial charge in [0.25, 0.3) is 0 Å². The van der Waals surface area contributed by atoms with Crippen molar-refractivity contribution in [2.24, 2.45) is 5.92 Å². The average molecular weight is 277 g/mol. The highest BCUT2D eigenvalue weighted by atomic mass is 32.2. The quantitative estimate of drug-likeness (QED) is 0.841. The summed E-state index contributed by atoms with van der Waals surface area (Å²) < 4.78 is 6.44. The predicted octanol–water partition coefficient (Wildman–Crippen LogP) is 1.97. The molecule has 3 fully saturated rings. The van der Waals surface area contributed by atoms with Gasteiger partial charge in [-0.3, -0.25) is 0 Å². The molecule has 4 rings (SSSR count). The Morgan fingerprint density at radius 2 is 2.11 bits per heavy atom. The molecule has 1 saturated carbocycles. The van der Waals surface area contributed by atoms with Crippen LogP contribution in [-0.2, 0) is 4.74 Å². The minimum atomic E-state index is 0.410. The van der Waals surface area contributed by atoms with E-state index in [-0.39, 0.29) is 0 Å². The van der Waals surface area contributed by atoms with Crippen molar-refractivity contribution in [3.05, 3.63) is 18.5 Å². The minimum Gasteiger partial charge on any atom is -0.377 e. The molecule has 0 N–H and O–H groups in total. The molecule has 0 bridgehead atoms. The number of rotatable bonds is 4. The molecule has 0 radical (unpaired) electrons. The van der Waals surface area contributed by atoms with Crippen molar-refractivity contribution >= 4 is 17.7 Å². The second-order valence-corrected chi connectivity index (χ2v) is 7.49. The Morgan fingerprint density at radius 1 is 1.32 bits per heavy atom. The molecule has 3 heterocycles. The van der Waals surface area contributed by atoms with E-state index in [0.717, 1.165) is 37.3 Å². The third kappa shape index (κ3) is 2.46. The first-order valence-electron chi connectivity index (χ1n) is 7.11. The molecule has 0 amide bonds. The van der Waals surface area contributed by atoms with Crippen molar-refractivity contribution in [2.45, 2.75) is 30.1 Å². The highest BCUT2D eigenvalue weighted by molar-refractivity contribution is 8.01. The third-order valence-electron chi connectivity index (χ3n) is 4.23. The fraction of sp³-hybridized carbons (Fsp3) is 0.714. The van der Waals surface area contributed by atoms with Crippen LogP contribution < -0.4 is 4.90 Å². The fourth-order valence-electron chi connectivity index (χ4n) is 2.93. The zero-order valence-corrected chi connectivity index (χ0v) is 11.8. The van der Waals surface area contributed by atoms with Crippen LogP contribution >= 0.6 is 11.8 Å². The Hall–Kier alpha value is -0.810. The van der Waals surface area contributed by atoms with Crippen LogP contribution in [0.2, 0.25) is 0 Å². The summed E-state index contributed by atoms with van der Waals surface area (Å²) in [5, 5.41) is 0. The van der Waals surface area contributed by atoms with Gasteiger partial charge in [0.15, 0.2) is 0 Å². The van der Waals surface area contributed by atoms with Gasteiger partial charge >= 0.3 is 0 Å². The molecule has 1 spiro atoms. The zero-order valence-electron chi connectivity index (χ0n) is 11.0. The van der Waals surface area contributed by atoms with E-state index in [1.165, 1.54) is 19.3 Å². The van der Waals surface area contributed by atoms with E-state index in [1.54, 1.807) is 0 Å². The van der Waals surface area contributed by atoms with Crippen molar-refractivity contribution in [2.75, 3.05) is 30.3 Å². The van der Waals surface area contributed by atoms with Gasteiger partial charge in [-0.1, -0.05) is 0 Å². The number of hydrogen-bond acceptors (Lipinski definition) is 5. The molecule has 1 aromatic heterocycles. The summed E-state index contributed by atoms with van der Waals surface area (Å²) in [5.74, 6) is 2.91. The number of ether oxygens (including phenoxy) is 1. The van der Waals surface area contributed by atoms with Crippen molar-refractivity contribution in [3.8, 4) is 0 Å². The van der Waals surface area contributed by atoms with Crippen LogP contribution in [0.15, 0.2) is 18.5 Å². The van der Waals surface area contributed by atoms with Gasteiger partial charge in [0.05, 0.1) is 10.9 Å². The molecule has 0 aromatic carbocycles. The molecule has 102 valence electrons. The van der Waals surface area contributed by atoms with Crippen molar-refractivity contribution < 1.29 is 4.74 Å². The first kappa shape index (κ1) is 12.0. The average Bonchev–Trinajstić information content (AvgIpc) is 3.14. The SMILES string of the molecule is c1cnc(N2CC3(C[C@@H](OCC4CC4)CS3)C2)nc1. The predicted molar refractivity (Wildman–Crippen MR) is 76.5 cm³/mol. The summed E-state index contributed by atoms with van der Waals surface area (Å²) in [6, 6.07) is 1.87. The maximum atomic E-state index is 6.03. The minimum absolute atomic E-state index is 0.410. The molecular weight excluding hydrogens is 258 g/mol. The van der Waals surface area contributed by atoms with Gasteiger partial charge in [-0.25, -0.2) is 9.97 Å². The smallest absolute Gasteiger partial charge is 0.225 e. The van der Waals surface area contributed by atoms with E-state index < -0.39 is 0 Å². The summed E-state index contributed by atoms with van der Waals surface area (Å²) >= 11 is 2.09. The Balaban J connectivity index is 1.30. The van der Waals surface area contributed by atoms with Gasteiger partial charge in [0.2, 0.25) is 5.95 Å². The molecule has 19 heavy (non-hydrogen) atoms. The third-order valence-corrected chi connectivity index (χ3v) is 5.81. The lowest BCUT2D eigenvalue weighted by Crippen LogP contribution is -2.59. The maximum absolute atomic E-state index is 6.03. The molecule has 5 heteroatoms. The van der Waals surface area contributed by atoms with Crippen LogP contribution in [0.4, 0.5) is 5.95 Å². The van der Waals surface area contributed by atoms with Crippen LogP contribution in [0.5, 0.6) is 0 Å². The molecule has 0 unspecified atom stereocenters. The first-order valence-corrected chi connectivity index (χ1v) is 8.09. The van der Waals surface area contributed by atoms with E-state index in [9.17, 15) is 0 Å². The van der Waals surface area contributed by atoms with Crippen LogP contribution in [0.3, 0.4) is 0 Å². The van der Waals surface area contributed by atoms with E-state index in [4.69, 9.17) is 4.74 Å². The molecule has 1 aliphatic carbocycles. The molecular formula is C14H19N3OS. The topological polar surface area (TPSA) is 38.2 Å². The molecule has 3 aliphatic rings. The van der Waals surface area contributed by atoms with Gasteiger partial charge in [-0.15, -0.1) is 11.8 Å². The maximum Gasteiger partial charge on any atom is 0.225 e. The van der Waals surface area contributed by atoms with Crippen LogP contribution in [-0.4, -0.2) is 46.3 Å². The normalized spacial score (nSPS) is 28.6. The van der Waals surface area contributed by atoms with E-state index >= 15 is 0 Å². The number of anilines is 1. The summed E-state index contributed by atoms with van der Waals surface area (Å²) in [5.41, 5.74) is 0.